The molecule has 0 unspecified atom stereocenters. The molecular weight excluding hydrogens is 256 g/mol. The SMILES string of the molecule is CC(C)(C)C(=O)Nc1nc2ccc(Cl)cc2s1. The minimum Gasteiger partial charge on any atom is -0.301 e. The molecule has 0 aliphatic carbocycles. The lowest BCUT2D eigenvalue weighted by Gasteiger charge is -2.15. The van der Waals surface area contributed by atoms with Crippen LogP contribution in [0.3, 0.4) is 0 Å². The summed E-state index contributed by atoms with van der Waals surface area (Å²) in [5.41, 5.74) is 0.429. The zero-order valence-electron chi connectivity index (χ0n) is 9.87. The van der Waals surface area contributed by atoms with E-state index in [4.69, 9.17) is 11.6 Å². The summed E-state index contributed by atoms with van der Waals surface area (Å²) in [4.78, 5) is 16.1. The molecule has 1 aromatic carbocycles. The smallest absolute Gasteiger partial charge is 0.231 e. The number of benzene rings is 1. The van der Waals surface area contributed by atoms with Crippen LogP contribution >= 0.6 is 22.9 Å². The maximum absolute atomic E-state index is 11.8. The Balaban J connectivity index is 2.29. The lowest BCUT2D eigenvalue weighted by molar-refractivity contribution is -0.123. The molecular formula is C12H13ClN2OS. The third-order valence-corrected chi connectivity index (χ3v) is 3.42. The molecule has 1 heterocycles. The number of hydrogen-bond donors (Lipinski definition) is 1. The molecule has 17 heavy (non-hydrogen) atoms. The summed E-state index contributed by atoms with van der Waals surface area (Å²) in [5.74, 6) is -0.0392. The highest BCUT2D eigenvalue weighted by Gasteiger charge is 2.22. The van der Waals surface area contributed by atoms with Gasteiger partial charge >= 0.3 is 0 Å². The number of rotatable bonds is 1. The number of thiazole rings is 1. The fourth-order valence-electron chi connectivity index (χ4n) is 1.24. The van der Waals surface area contributed by atoms with E-state index in [9.17, 15) is 4.79 Å². The van der Waals surface area contributed by atoms with Crippen molar-refractivity contribution < 1.29 is 4.79 Å². The molecule has 90 valence electrons. The topological polar surface area (TPSA) is 42.0 Å². The van der Waals surface area contributed by atoms with E-state index in [1.165, 1.54) is 11.3 Å². The third kappa shape index (κ3) is 2.76. The van der Waals surface area contributed by atoms with Gasteiger partial charge in [0.05, 0.1) is 10.2 Å². The molecule has 1 aromatic heterocycles. The van der Waals surface area contributed by atoms with E-state index < -0.39 is 5.41 Å². The Morgan fingerprint density at radius 3 is 2.76 bits per heavy atom. The lowest BCUT2D eigenvalue weighted by Crippen LogP contribution is -2.27. The van der Waals surface area contributed by atoms with Gasteiger partial charge in [-0.15, -0.1) is 0 Å². The Hall–Kier alpha value is -1.13. The number of fused-ring (bicyclic) bond motifs is 1. The van der Waals surface area contributed by atoms with E-state index in [-0.39, 0.29) is 5.91 Å². The van der Waals surface area contributed by atoms with E-state index in [1.54, 1.807) is 6.07 Å². The number of anilines is 1. The molecule has 1 amide bonds. The number of carbonyl (C=O) groups is 1. The number of halogens is 1. The molecule has 0 spiro atoms. The van der Waals surface area contributed by atoms with Crippen molar-refractivity contribution in [2.24, 2.45) is 5.41 Å². The summed E-state index contributed by atoms with van der Waals surface area (Å²) in [6.07, 6.45) is 0. The van der Waals surface area contributed by atoms with Gasteiger partial charge in [-0.2, -0.15) is 0 Å². The normalized spacial score (nSPS) is 11.8. The van der Waals surface area contributed by atoms with Gasteiger partial charge in [0.2, 0.25) is 5.91 Å². The van der Waals surface area contributed by atoms with Crippen molar-refractivity contribution in [2.75, 3.05) is 5.32 Å². The molecule has 2 rings (SSSR count). The largest absolute Gasteiger partial charge is 0.301 e. The monoisotopic (exact) mass is 268 g/mol. The predicted molar refractivity (Wildman–Crippen MR) is 72.7 cm³/mol. The van der Waals surface area contributed by atoms with Crippen molar-refractivity contribution in [2.45, 2.75) is 20.8 Å². The van der Waals surface area contributed by atoms with Gasteiger partial charge in [-0.25, -0.2) is 4.98 Å². The summed E-state index contributed by atoms with van der Waals surface area (Å²) >= 11 is 7.33. The van der Waals surface area contributed by atoms with Crippen LogP contribution in [0, 0.1) is 5.41 Å². The minimum atomic E-state index is -0.421. The number of nitrogens with one attached hydrogen (secondary N) is 1. The molecule has 0 atom stereocenters. The Bertz CT molecular complexity index is 571. The molecule has 2 aromatic rings. The average molecular weight is 269 g/mol. The van der Waals surface area contributed by atoms with E-state index in [0.29, 0.717) is 10.2 Å². The van der Waals surface area contributed by atoms with Crippen LogP contribution in [-0.2, 0) is 4.79 Å². The quantitative estimate of drug-likeness (QED) is 0.851. The second kappa shape index (κ2) is 4.27. The summed E-state index contributed by atoms with van der Waals surface area (Å²) in [5, 5.41) is 4.11. The first-order valence-electron chi connectivity index (χ1n) is 5.24. The summed E-state index contributed by atoms with van der Waals surface area (Å²) in [7, 11) is 0. The molecule has 0 bridgehead atoms. The van der Waals surface area contributed by atoms with Gasteiger partial charge in [0, 0.05) is 10.4 Å². The van der Waals surface area contributed by atoms with Crippen LogP contribution in [0.4, 0.5) is 5.13 Å². The standard InChI is InChI=1S/C12H13ClN2OS/c1-12(2,3)10(16)15-11-14-8-5-4-7(13)6-9(8)17-11/h4-6H,1-3H3,(H,14,15,16). The van der Waals surface area contributed by atoms with Crippen molar-refractivity contribution in [1.82, 2.24) is 4.98 Å². The zero-order valence-corrected chi connectivity index (χ0v) is 11.4. The van der Waals surface area contributed by atoms with Crippen LogP contribution in [0.25, 0.3) is 10.2 Å². The van der Waals surface area contributed by atoms with Crippen molar-refractivity contribution in [3.8, 4) is 0 Å². The number of amides is 1. The first-order valence-corrected chi connectivity index (χ1v) is 6.43. The van der Waals surface area contributed by atoms with E-state index >= 15 is 0 Å². The first-order chi connectivity index (χ1) is 7.86. The first kappa shape index (κ1) is 12.3. The number of nitrogens with zero attached hydrogens (tertiary/aromatic N) is 1. The van der Waals surface area contributed by atoms with E-state index in [2.05, 4.69) is 10.3 Å². The average Bonchev–Trinajstić information content (AvgIpc) is 2.57. The molecule has 0 radical (unpaired) electrons. The van der Waals surface area contributed by atoms with Gasteiger partial charge in [0.1, 0.15) is 0 Å². The molecule has 0 fully saturated rings. The van der Waals surface area contributed by atoms with Crippen molar-refractivity contribution in [1.29, 1.82) is 0 Å². The summed E-state index contributed by atoms with van der Waals surface area (Å²) in [6.45, 7) is 5.60. The second-order valence-corrected chi connectivity index (χ2v) is 6.30. The number of carbonyl (C=O) groups excluding carboxylic acids is 1. The van der Waals surface area contributed by atoms with Gasteiger partial charge in [0.25, 0.3) is 0 Å². The summed E-state index contributed by atoms with van der Waals surface area (Å²) in [6, 6.07) is 5.49. The summed E-state index contributed by atoms with van der Waals surface area (Å²) < 4.78 is 0.974. The Labute approximate surface area is 109 Å². The van der Waals surface area contributed by atoms with E-state index in [0.717, 1.165) is 10.2 Å². The molecule has 0 aliphatic rings. The Morgan fingerprint density at radius 1 is 1.41 bits per heavy atom. The molecule has 0 saturated carbocycles. The van der Waals surface area contributed by atoms with Crippen molar-refractivity contribution in [3.05, 3.63) is 23.2 Å². The number of aromatic nitrogens is 1. The highest BCUT2D eigenvalue weighted by Crippen LogP contribution is 2.29. The highest BCUT2D eigenvalue weighted by molar-refractivity contribution is 7.22. The number of hydrogen-bond acceptors (Lipinski definition) is 3. The fraction of sp³-hybridized carbons (Fsp3) is 0.333. The maximum atomic E-state index is 11.8. The van der Waals surface area contributed by atoms with Gasteiger partial charge < -0.3 is 5.32 Å². The van der Waals surface area contributed by atoms with Crippen molar-refractivity contribution >= 4 is 44.2 Å². The van der Waals surface area contributed by atoms with Crippen LogP contribution in [0.1, 0.15) is 20.8 Å². The predicted octanol–water partition coefficient (Wildman–Crippen LogP) is 3.93. The molecule has 0 saturated heterocycles. The Morgan fingerprint density at radius 2 is 2.12 bits per heavy atom. The van der Waals surface area contributed by atoms with Gasteiger partial charge in [-0.3, -0.25) is 4.79 Å². The fourth-order valence-corrected chi connectivity index (χ4v) is 2.37. The third-order valence-electron chi connectivity index (χ3n) is 2.25. The molecule has 5 heteroatoms. The van der Waals surface area contributed by atoms with Crippen LogP contribution in [-0.4, -0.2) is 10.9 Å². The van der Waals surface area contributed by atoms with Crippen LogP contribution in [0.15, 0.2) is 18.2 Å². The van der Waals surface area contributed by atoms with Gasteiger partial charge in [-0.1, -0.05) is 43.7 Å². The van der Waals surface area contributed by atoms with Gasteiger partial charge in [-0.05, 0) is 18.2 Å². The van der Waals surface area contributed by atoms with Crippen LogP contribution < -0.4 is 5.32 Å². The second-order valence-electron chi connectivity index (χ2n) is 4.84. The minimum absolute atomic E-state index is 0.0392. The van der Waals surface area contributed by atoms with Gasteiger partial charge in [0.15, 0.2) is 5.13 Å². The van der Waals surface area contributed by atoms with Crippen LogP contribution in [0.5, 0.6) is 0 Å². The highest BCUT2D eigenvalue weighted by atomic mass is 35.5. The molecule has 1 N–H and O–H groups in total. The maximum Gasteiger partial charge on any atom is 0.231 e. The molecule has 0 aliphatic heterocycles. The van der Waals surface area contributed by atoms with E-state index in [1.807, 2.05) is 32.9 Å². The molecule has 3 nitrogen and oxygen atoms in total. The zero-order chi connectivity index (χ0) is 12.6. The Kier molecular flexibility index (Phi) is 3.10. The van der Waals surface area contributed by atoms with Crippen molar-refractivity contribution in [3.63, 3.8) is 0 Å². The lowest BCUT2D eigenvalue weighted by atomic mass is 9.96. The van der Waals surface area contributed by atoms with Crippen LogP contribution in [0.2, 0.25) is 5.02 Å².